The lowest BCUT2D eigenvalue weighted by molar-refractivity contribution is -0.117. The SMILES string of the molecule is COCC(C)c1c(F)c(Cl)c(-c2cn3cc(NC(=O)[C@@H]4C[C@@H]4F)nc3cn2)c2cn[nH]c12. The lowest BCUT2D eigenvalue weighted by Crippen LogP contribution is -2.15. The fraction of sp³-hybridized carbons (Fsp3) is 0.333. The highest BCUT2D eigenvalue weighted by atomic mass is 35.5. The van der Waals surface area contributed by atoms with Crippen LogP contribution in [0.4, 0.5) is 14.6 Å². The largest absolute Gasteiger partial charge is 0.384 e. The maximum atomic E-state index is 15.3. The molecule has 11 heteroatoms. The number of benzene rings is 1. The number of anilines is 1. The van der Waals surface area contributed by atoms with Crippen molar-refractivity contribution in [1.82, 2.24) is 24.6 Å². The fourth-order valence-electron chi connectivity index (χ4n) is 3.93. The van der Waals surface area contributed by atoms with E-state index in [2.05, 4.69) is 25.5 Å². The summed E-state index contributed by atoms with van der Waals surface area (Å²) in [5, 5.41) is 10.1. The highest BCUT2D eigenvalue weighted by Crippen LogP contribution is 2.41. The number of rotatable bonds is 6. The number of H-pyrrole nitrogens is 1. The van der Waals surface area contributed by atoms with Crippen LogP contribution in [-0.4, -0.2) is 50.4 Å². The number of fused-ring (bicyclic) bond motifs is 2. The maximum Gasteiger partial charge on any atom is 0.231 e. The van der Waals surface area contributed by atoms with Crippen molar-refractivity contribution in [3.63, 3.8) is 0 Å². The van der Waals surface area contributed by atoms with Gasteiger partial charge in [0.05, 0.1) is 47.3 Å². The molecule has 166 valence electrons. The number of imidazole rings is 1. The molecule has 8 nitrogen and oxygen atoms in total. The first-order valence-electron chi connectivity index (χ1n) is 10.0. The van der Waals surface area contributed by atoms with Gasteiger partial charge in [-0.1, -0.05) is 18.5 Å². The second kappa shape index (κ2) is 7.79. The Hall–Kier alpha value is -3.11. The van der Waals surface area contributed by atoms with Crippen molar-refractivity contribution in [2.45, 2.75) is 25.4 Å². The van der Waals surface area contributed by atoms with Crippen LogP contribution in [0.2, 0.25) is 5.02 Å². The molecule has 1 aromatic carbocycles. The number of carbonyl (C=O) groups is 1. The number of nitrogens with one attached hydrogen (secondary N) is 2. The summed E-state index contributed by atoms with van der Waals surface area (Å²) < 4.78 is 35.3. The van der Waals surface area contributed by atoms with E-state index in [1.54, 1.807) is 30.1 Å². The van der Waals surface area contributed by atoms with E-state index in [1.807, 2.05) is 6.92 Å². The van der Waals surface area contributed by atoms with Gasteiger partial charge in [-0.15, -0.1) is 0 Å². The van der Waals surface area contributed by atoms with Crippen LogP contribution in [0.25, 0.3) is 27.8 Å². The molecule has 32 heavy (non-hydrogen) atoms. The Morgan fingerprint density at radius 1 is 1.44 bits per heavy atom. The summed E-state index contributed by atoms with van der Waals surface area (Å²) >= 11 is 6.48. The molecular formula is C21H19ClF2N6O2. The van der Waals surface area contributed by atoms with Crippen LogP contribution in [0, 0.1) is 11.7 Å². The molecule has 0 aliphatic heterocycles. The molecule has 5 rings (SSSR count). The van der Waals surface area contributed by atoms with Gasteiger partial charge in [0, 0.05) is 35.7 Å². The van der Waals surface area contributed by atoms with E-state index in [4.69, 9.17) is 16.3 Å². The summed E-state index contributed by atoms with van der Waals surface area (Å²) in [4.78, 5) is 20.7. The number of carbonyl (C=O) groups excluding carboxylic acids is 1. The number of aromatic amines is 1. The number of amides is 1. The van der Waals surface area contributed by atoms with Crippen molar-refractivity contribution in [1.29, 1.82) is 0 Å². The molecule has 3 heterocycles. The minimum atomic E-state index is -1.09. The Balaban J connectivity index is 1.57. The Bertz CT molecular complexity index is 1350. The van der Waals surface area contributed by atoms with Crippen molar-refractivity contribution in [2.75, 3.05) is 19.0 Å². The van der Waals surface area contributed by atoms with E-state index in [1.165, 1.54) is 6.20 Å². The van der Waals surface area contributed by atoms with Gasteiger partial charge >= 0.3 is 0 Å². The Morgan fingerprint density at radius 3 is 2.94 bits per heavy atom. The smallest absolute Gasteiger partial charge is 0.231 e. The summed E-state index contributed by atoms with van der Waals surface area (Å²) in [6.45, 7) is 2.16. The van der Waals surface area contributed by atoms with Gasteiger partial charge in [-0.25, -0.2) is 13.8 Å². The number of methoxy groups -OCH3 is 1. The quantitative estimate of drug-likeness (QED) is 0.451. The first kappa shape index (κ1) is 20.8. The molecule has 1 fully saturated rings. The van der Waals surface area contributed by atoms with E-state index in [0.717, 1.165) is 0 Å². The summed E-state index contributed by atoms with van der Waals surface area (Å²) in [6, 6.07) is 0. The van der Waals surface area contributed by atoms with Crippen molar-refractivity contribution in [3.8, 4) is 11.3 Å². The van der Waals surface area contributed by atoms with Gasteiger partial charge in [0.2, 0.25) is 5.91 Å². The highest BCUT2D eigenvalue weighted by molar-refractivity contribution is 6.35. The minimum Gasteiger partial charge on any atom is -0.384 e. The van der Waals surface area contributed by atoms with Crippen LogP contribution < -0.4 is 5.32 Å². The zero-order chi connectivity index (χ0) is 22.6. The predicted octanol–water partition coefficient (Wildman–Crippen LogP) is 4.11. The van der Waals surface area contributed by atoms with E-state index in [-0.39, 0.29) is 23.2 Å². The predicted molar refractivity (Wildman–Crippen MR) is 115 cm³/mol. The van der Waals surface area contributed by atoms with Gasteiger partial charge in [0.15, 0.2) is 11.5 Å². The van der Waals surface area contributed by atoms with Crippen molar-refractivity contribution >= 4 is 39.9 Å². The molecule has 1 amide bonds. The van der Waals surface area contributed by atoms with Gasteiger partial charge < -0.3 is 14.5 Å². The Labute approximate surface area is 185 Å². The number of hydrogen-bond donors (Lipinski definition) is 2. The number of ether oxygens (including phenoxy) is 1. The van der Waals surface area contributed by atoms with E-state index >= 15 is 4.39 Å². The average molecular weight is 461 g/mol. The zero-order valence-corrected chi connectivity index (χ0v) is 18.0. The second-order valence-electron chi connectivity index (χ2n) is 7.94. The molecule has 2 N–H and O–H groups in total. The molecule has 3 atom stereocenters. The molecule has 1 aliphatic carbocycles. The molecule has 0 radical (unpaired) electrons. The normalized spacial score (nSPS) is 18.9. The summed E-state index contributed by atoms with van der Waals surface area (Å²) in [7, 11) is 1.55. The number of aromatic nitrogens is 5. The van der Waals surface area contributed by atoms with Gasteiger partial charge in [-0.05, 0) is 6.42 Å². The molecule has 1 aliphatic rings. The van der Waals surface area contributed by atoms with Gasteiger partial charge in [-0.2, -0.15) is 5.10 Å². The van der Waals surface area contributed by atoms with E-state index in [9.17, 15) is 9.18 Å². The number of nitrogens with zero attached hydrogens (tertiary/aromatic N) is 4. The van der Waals surface area contributed by atoms with Crippen LogP contribution in [0.1, 0.15) is 24.8 Å². The molecular weight excluding hydrogens is 442 g/mol. The highest BCUT2D eigenvalue weighted by Gasteiger charge is 2.43. The molecule has 1 unspecified atom stereocenters. The monoisotopic (exact) mass is 460 g/mol. The average Bonchev–Trinajstić information content (AvgIpc) is 3.12. The summed E-state index contributed by atoms with van der Waals surface area (Å²) in [5.74, 6) is -1.56. The third-order valence-electron chi connectivity index (χ3n) is 5.63. The van der Waals surface area contributed by atoms with Crippen molar-refractivity contribution in [3.05, 3.63) is 41.2 Å². The van der Waals surface area contributed by atoms with Crippen LogP contribution in [0.15, 0.2) is 24.8 Å². The maximum absolute atomic E-state index is 15.3. The van der Waals surface area contributed by atoms with Crippen LogP contribution >= 0.6 is 11.6 Å². The first-order chi connectivity index (χ1) is 15.4. The molecule has 0 bridgehead atoms. The first-order valence-corrected chi connectivity index (χ1v) is 10.4. The Morgan fingerprint density at radius 2 is 2.22 bits per heavy atom. The third kappa shape index (κ3) is 3.39. The number of halogens is 3. The van der Waals surface area contributed by atoms with Gasteiger partial charge in [-0.3, -0.25) is 14.9 Å². The van der Waals surface area contributed by atoms with Gasteiger partial charge in [0.25, 0.3) is 0 Å². The fourth-order valence-corrected chi connectivity index (χ4v) is 4.23. The number of alkyl halides is 1. The van der Waals surface area contributed by atoms with Gasteiger partial charge in [0.1, 0.15) is 12.0 Å². The summed E-state index contributed by atoms with van der Waals surface area (Å²) in [6.07, 6.45) is 5.42. The standard InChI is InChI=1S/C21H19ClF2N6O2/c1-9(8-32-2)16-19(24)18(22)17(11-4-26-29-20(11)16)13-6-30-7-14(27-15(30)5-25-13)28-21(31)10-3-12(10)23/h4-7,9-10,12H,3,8H2,1-2H3,(H,26,29)(H,28,31)/t9?,10-,12+/m1/s1. The van der Waals surface area contributed by atoms with Crippen LogP contribution in [-0.2, 0) is 9.53 Å². The van der Waals surface area contributed by atoms with E-state index < -0.39 is 23.8 Å². The lowest BCUT2D eigenvalue weighted by Gasteiger charge is -2.16. The van der Waals surface area contributed by atoms with Crippen molar-refractivity contribution < 1.29 is 18.3 Å². The van der Waals surface area contributed by atoms with Crippen LogP contribution in [0.3, 0.4) is 0 Å². The molecule has 1 saturated carbocycles. The topological polar surface area (TPSA) is 97.2 Å². The second-order valence-corrected chi connectivity index (χ2v) is 8.32. The van der Waals surface area contributed by atoms with Crippen molar-refractivity contribution in [2.24, 2.45) is 5.92 Å². The third-order valence-corrected chi connectivity index (χ3v) is 5.99. The van der Waals surface area contributed by atoms with E-state index in [0.29, 0.717) is 40.0 Å². The van der Waals surface area contributed by atoms with Crippen LogP contribution in [0.5, 0.6) is 0 Å². The minimum absolute atomic E-state index is 0.0694. The molecule has 4 aromatic rings. The molecule has 0 spiro atoms. The summed E-state index contributed by atoms with van der Waals surface area (Å²) in [5.41, 5.74) is 2.17. The zero-order valence-electron chi connectivity index (χ0n) is 17.2. The Kier molecular flexibility index (Phi) is 5.06. The molecule has 0 saturated heterocycles. The molecule has 3 aromatic heterocycles. The number of hydrogen-bond acceptors (Lipinski definition) is 5. The lowest BCUT2D eigenvalue weighted by atomic mass is 9.95.